The predicted molar refractivity (Wildman–Crippen MR) is 107 cm³/mol. The quantitative estimate of drug-likeness (QED) is 0.343. The van der Waals surface area contributed by atoms with E-state index < -0.39 is 11.6 Å². The van der Waals surface area contributed by atoms with E-state index in [4.69, 9.17) is 23.4 Å². The lowest BCUT2D eigenvalue weighted by Crippen LogP contribution is -2.05. The Kier molecular flexibility index (Phi) is 6.19. The summed E-state index contributed by atoms with van der Waals surface area (Å²) in [5, 5.41) is 0.666. The van der Waals surface area contributed by atoms with E-state index in [0.29, 0.717) is 39.3 Å². The van der Waals surface area contributed by atoms with Crippen LogP contribution < -0.4 is 19.8 Å². The van der Waals surface area contributed by atoms with Crippen LogP contribution in [0.1, 0.15) is 11.1 Å². The zero-order chi connectivity index (χ0) is 20.8. The van der Waals surface area contributed by atoms with E-state index in [1.807, 2.05) is 0 Å². The highest BCUT2D eigenvalue weighted by Crippen LogP contribution is 2.26. The van der Waals surface area contributed by atoms with Gasteiger partial charge < -0.3 is 23.4 Å². The first-order valence-electron chi connectivity index (χ1n) is 8.71. The lowest BCUT2D eigenvalue weighted by Gasteiger charge is -2.08. The third kappa shape index (κ3) is 4.76. The number of benzene rings is 2. The summed E-state index contributed by atoms with van der Waals surface area (Å²) < 4.78 is 26.0. The maximum absolute atomic E-state index is 12.1. The molecule has 0 unspecified atom stereocenters. The first-order valence-corrected chi connectivity index (χ1v) is 8.71. The zero-order valence-electron chi connectivity index (χ0n) is 16.3. The molecule has 0 amide bonds. The fourth-order valence-corrected chi connectivity index (χ4v) is 2.77. The molecule has 7 nitrogen and oxygen atoms in total. The van der Waals surface area contributed by atoms with Crippen LogP contribution in [0.4, 0.5) is 0 Å². The Morgan fingerprint density at radius 2 is 1.69 bits per heavy atom. The van der Waals surface area contributed by atoms with Gasteiger partial charge in [-0.1, -0.05) is 0 Å². The van der Waals surface area contributed by atoms with Gasteiger partial charge in [0.25, 0.3) is 0 Å². The van der Waals surface area contributed by atoms with Gasteiger partial charge in [-0.05, 0) is 30.3 Å². The van der Waals surface area contributed by atoms with E-state index in [2.05, 4.69) is 0 Å². The third-order valence-electron chi connectivity index (χ3n) is 4.25. The number of hydrogen-bond acceptors (Lipinski definition) is 7. The van der Waals surface area contributed by atoms with Gasteiger partial charge in [0.1, 0.15) is 29.4 Å². The summed E-state index contributed by atoms with van der Waals surface area (Å²) in [6.45, 7) is -0.0721. The number of rotatable bonds is 7. The van der Waals surface area contributed by atoms with Gasteiger partial charge in [-0.2, -0.15) is 0 Å². The minimum atomic E-state index is -0.558. The topological polar surface area (TPSA) is 84.2 Å². The molecule has 3 rings (SSSR count). The minimum Gasteiger partial charge on any atom is -0.497 e. The Labute approximate surface area is 167 Å². The maximum Gasteiger partial charge on any atom is 0.336 e. The lowest BCUT2D eigenvalue weighted by atomic mass is 10.1. The number of hydrogen-bond donors (Lipinski definition) is 0. The minimum absolute atomic E-state index is 0.0721. The molecule has 0 aliphatic rings. The number of carbonyl (C=O) groups is 1. The molecule has 3 aromatic rings. The van der Waals surface area contributed by atoms with E-state index in [1.165, 1.54) is 26.4 Å². The number of esters is 1. The van der Waals surface area contributed by atoms with Crippen LogP contribution in [0.2, 0.25) is 0 Å². The fourth-order valence-electron chi connectivity index (χ4n) is 2.77. The second-order valence-corrected chi connectivity index (χ2v) is 6.00. The average Bonchev–Trinajstić information content (AvgIpc) is 2.75. The molecule has 1 aromatic heterocycles. The summed E-state index contributed by atoms with van der Waals surface area (Å²) in [4.78, 5) is 23.9. The van der Waals surface area contributed by atoms with Gasteiger partial charge in [-0.3, -0.25) is 0 Å². The first kappa shape index (κ1) is 20.0. The van der Waals surface area contributed by atoms with Gasteiger partial charge in [0.15, 0.2) is 0 Å². The normalized spacial score (nSPS) is 10.9. The van der Waals surface area contributed by atoms with Crippen LogP contribution in [0.25, 0.3) is 17.0 Å². The van der Waals surface area contributed by atoms with Crippen LogP contribution in [0.15, 0.2) is 57.8 Å². The molecule has 150 valence electrons. The third-order valence-corrected chi connectivity index (χ3v) is 4.25. The molecule has 0 bridgehead atoms. The van der Waals surface area contributed by atoms with E-state index in [9.17, 15) is 9.59 Å². The Morgan fingerprint density at radius 3 is 2.41 bits per heavy atom. The molecule has 0 spiro atoms. The van der Waals surface area contributed by atoms with Crippen LogP contribution >= 0.6 is 0 Å². The van der Waals surface area contributed by atoms with Crippen molar-refractivity contribution in [1.29, 1.82) is 0 Å². The van der Waals surface area contributed by atoms with Crippen molar-refractivity contribution in [2.45, 2.75) is 6.61 Å². The number of methoxy groups -OCH3 is 3. The van der Waals surface area contributed by atoms with Gasteiger partial charge in [-0.25, -0.2) is 9.59 Å². The largest absolute Gasteiger partial charge is 0.497 e. The molecular weight excluding hydrogens is 376 g/mol. The molecule has 0 saturated heterocycles. The van der Waals surface area contributed by atoms with Crippen LogP contribution in [-0.4, -0.2) is 27.3 Å². The van der Waals surface area contributed by atoms with E-state index >= 15 is 0 Å². The summed E-state index contributed by atoms with van der Waals surface area (Å²) >= 11 is 0. The smallest absolute Gasteiger partial charge is 0.336 e. The van der Waals surface area contributed by atoms with Crippen LogP contribution in [0.5, 0.6) is 17.2 Å². The molecule has 2 aromatic carbocycles. The summed E-state index contributed by atoms with van der Waals surface area (Å²) in [5.41, 5.74) is 1.07. The van der Waals surface area contributed by atoms with Gasteiger partial charge in [0.05, 0.1) is 21.3 Å². The highest BCUT2D eigenvalue weighted by atomic mass is 16.5. The van der Waals surface area contributed by atoms with Crippen molar-refractivity contribution < 1.29 is 28.2 Å². The van der Waals surface area contributed by atoms with Gasteiger partial charge in [0.2, 0.25) is 0 Å². The Hall–Kier alpha value is -3.74. The molecule has 0 saturated carbocycles. The molecule has 0 atom stereocenters. The SMILES string of the molecule is COc1ccc(C=CC(=O)OCc2cc(=O)oc3cc(OC)ccc23)c(OC)c1. The highest BCUT2D eigenvalue weighted by molar-refractivity contribution is 5.88. The van der Waals surface area contributed by atoms with Crippen molar-refractivity contribution >= 4 is 23.0 Å². The summed E-state index contributed by atoms with van der Waals surface area (Å²) in [5.74, 6) is 1.21. The molecule has 0 N–H and O–H groups in total. The predicted octanol–water partition coefficient (Wildman–Crippen LogP) is 3.58. The molecular formula is C22H20O7. The second kappa shape index (κ2) is 8.97. The molecule has 1 heterocycles. The number of carbonyl (C=O) groups excluding carboxylic acids is 1. The molecule has 0 fully saturated rings. The molecule has 0 aliphatic carbocycles. The van der Waals surface area contributed by atoms with Crippen LogP contribution in [-0.2, 0) is 16.1 Å². The van der Waals surface area contributed by atoms with Crippen molar-refractivity contribution in [3.63, 3.8) is 0 Å². The fraction of sp³-hybridized carbons (Fsp3) is 0.182. The van der Waals surface area contributed by atoms with Gasteiger partial charge in [-0.15, -0.1) is 0 Å². The van der Waals surface area contributed by atoms with E-state index in [0.717, 1.165) is 0 Å². The van der Waals surface area contributed by atoms with Crippen molar-refractivity contribution in [3.05, 3.63) is 70.1 Å². The first-order chi connectivity index (χ1) is 14.0. The molecule has 29 heavy (non-hydrogen) atoms. The average molecular weight is 396 g/mol. The van der Waals surface area contributed by atoms with Crippen LogP contribution in [0, 0.1) is 0 Å². The van der Waals surface area contributed by atoms with E-state index in [1.54, 1.807) is 49.6 Å². The number of ether oxygens (including phenoxy) is 4. The molecule has 0 radical (unpaired) electrons. The summed E-state index contributed by atoms with van der Waals surface area (Å²) in [6, 6.07) is 11.6. The van der Waals surface area contributed by atoms with Crippen molar-refractivity contribution in [1.82, 2.24) is 0 Å². The van der Waals surface area contributed by atoms with Crippen molar-refractivity contribution in [2.24, 2.45) is 0 Å². The van der Waals surface area contributed by atoms with Crippen molar-refractivity contribution in [3.8, 4) is 17.2 Å². The summed E-state index contributed by atoms with van der Waals surface area (Å²) in [7, 11) is 4.62. The highest BCUT2D eigenvalue weighted by Gasteiger charge is 2.09. The van der Waals surface area contributed by atoms with Gasteiger partial charge in [0, 0.05) is 40.8 Å². The summed E-state index contributed by atoms with van der Waals surface area (Å²) in [6.07, 6.45) is 2.88. The lowest BCUT2D eigenvalue weighted by molar-refractivity contribution is -0.138. The maximum atomic E-state index is 12.1. The molecule has 7 heteroatoms. The van der Waals surface area contributed by atoms with Crippen molar-refractivity contribution in [2.75, 3.05) is 21.3 Å². The monoisotopic (exact) mass is 396 g/mol. The Morgan fingerprint density at radius 1 is 0.966 bits per heavy atom. The van der Waals surface area contributed by atoms with Crippen LogP contribution in [0.3, 0.4) is 0 Å². The van der Waals surface area contributed by atoms with Gasteiger partial charge >= 0.3 is 11.6 Å². The Bertz CT molecular complexity index is 1110. The second-order valence-electron chi connectivity index (χ2n) is 6.00. The zero-order valence-corrected chi connectivity index (χ0v) is 16.3. The number of fused-ring (bicyclic) bond motifs is 1. The van der Waals surface area contributed by atoms with E-state index in [-0.39, 0.29) is 6.61 Å². The Balaban J connectivity index is 1.74. The molecule has 0 aliphatic heterocycles. The standard InChI is InChI=1S/C22H20O7/c1-25-16-6-4-14(19(11-16)27-3)5-9-21(23)28-13-15-10-22(24)29-20-12-17(26-2)7-8-18(15)20/h4-12H,13H2,1-3H3.